The third kappa shape index (κ3) is 4.14. The Kier molecular flexibility index (Phi) is 6.45. The van der Waals surface area contributed by atoms with Gasteiger partial charge in [-0.2, -0.15) is 0 Å². The first-order valence-electron chi connectivity index (χ1n) is 10.5. The van der Waals surface area contributed by atoms with Gasteiger partial charge >= 0.3 is 0 Å². The quantitative estimate of drug-likeness (QED) is 0.793. The summed E-state index contributed by atoms with van der Waals surface area (Å²) in [5.74, 6) is 1.12. The lowest BCUT2D eigenvalue weighted by Crippen LogP contribution is -2.42. The van der Waals surface area contributed by atoms with Crippen molar-refractivity contribution in [3.63, 3.8) is 0 Å². The van der Waals surface area contributed by atoms with Gasteiger partial charge in [0.15, 0.2) is 5.82 Å². The highest BCUT2D eigenvalue weighted by atomic mass is 16.2. The average Bonchev–Trinajstić information content (AvgIpc) is 3.23. The number of carbonyl (C=O) groups is 2. The molecule has 1 aliphatic heterocycles. The third-order valence-corrected chi connectivity index (χ3v) is 6.07. The number of piperidine rings is 1. The first-order valence-corrected chi connectivity index (χ1v) is 10.5. The van der Waals surface area contributed by atoms with Gasteiger partial charge in [0, 0.05) is 31.7 Å². The molecule has 3 rings (SSSR count). The minimum atomic E-state index is -0.0526. The Morgan fingerprint density at radius 2 is 1.78 bits per heavy atom. The SMILES string of the molecule is CCN(CC)C(=O)c1cnc([C@H]2CCCCN2C(=O)C2CCCC2)nc1C. The van der Waals surface area contributed by atoms with Crippen LogP contribution in [0.5, 0.6) is 0 Å². The molecule has 0 radical (unpaired) electrons. The average molecular weight is 373 g/mol. The van der Waals surface area contributed by atoms with E-state index in [1.54, 1.807) is 11.1 Å². The molecular formula is C21H32N4O2. The molecule has 1 saturated carbocycles. The van der Waals surface area contributed by atoms with Crippen LogP contribution in [0.4, 0.5) is 0 Å². The smallest absolute Gasteiger partial charge is 0.257 e. The van der Waals surface area contributed by atoms with Crippen molar-refractivity contribution in [1.82, 2.24) is 19.8 Å². The Bertz CT molecular complexity index is 681. The third-order valence-electron chi connectivity index (χ3n) is 6.07. The summed E-state index contributed by atoms with van der Waals surface area (Å²) < 4.78 is 0. The molecule has 148 valence electrons. The number of hydrogen-bond donors (Lipinski definition) is 0. The van der Waals surface area contributed by atoms with Crippen molar-refractivity contribution in [2.24, 2.45) is 5.92 Å². The molecule has 1 aliphatic carbocycles. The highest BCUT2D eigenvalue weighted by molar-refractivity contribution is 5.94. The van der Waals surface area contributed by atoms with Gasteiger partial charge in [0.1, 0.15) is 0 Å². The van der Waals surface area contributed by atoms with Crippen molar-refractivity contribution >= 4 is 11.8 Å². The van der Waals surface area contributed by atoms with E-state index >= 15 is 0 Å². The standard InChI is InChI=1S/C21H32N4O2/c1-4-24(5-2)21(27)17-14-22-19(23-15(17)3)18-12-8-9-13-25(18)20(26)16-10-6-7-11-16/h14,16,18H,4-13H2,1-3H3/t18-/m1/s1. The van der Waals surface area contributed by atoms with Gasteiger partial charge in [0.25, 0.3) is 5.91 Å². The van der Waals surface area contributed by atoms with Crippen molar-refractivity contribution in [2.45, 2.75) is 71.8 Å². The van der Waals surface area contributed by atoms with Gasteiger partial charge in [0.2, 0.25) is 5.91 Å². The predicted octanol–water partition coefficient (Wildman–Crippen LogP) is 3.51. The van der Waals surface area contributed by atoms with Crippen LogP contribution in [-0.2, 0) is 4.79 Å². The molecule has 2 aliphatic rings. The van der Waals surface area contributed by atoms with Crippen LogP contribution in [0, 0.1) is 12.8 Å². The fourth-order valence-corrected chi connectivity index (χ4v) is 4.41. The summed E-state index contributed by atoms with van der Waals surface area (Å²) in [4.78, 5) is 38.7. The largest absolute Gasteiger partial charge is 0.339 e. The summed E-state index contributed by atoms with van der Waals surface area (Å²) >= 11 is 0. The molecule has 0 bridgehead atoms. The van der Waals surface area contributed by atoms with Gasteiger partial charge in [-0.25, -0.2) is 9.97 Å². The zero-order chi connectivity index (χ0) is 19.4. The second-order valence-electron chi connectivity index (χ2n) is 7.73. The van der Waals surface area contributed by atoms with Crippen molar-refractivity contribution in [1.29, 1.82) is 0 Å². The molecule has 6 nitrogen and oxygen atoms in total. The molecule has 0 unspecified atom stereocenters. The summed E-state index contributed by atoms with van der Waals surface area (Å²) in [5, 5.41) is 0. The molecule has 0 spiro atoms. The van der Waals surface area contributed by atoms with Gasteiger partial charge in [-0.3, -0.25) is 9.59 Å². The Hall–Kier alpha value is -1.98. The highest BCUT2D eigenvalue weighted by Gasteiger charge is 2.35. The number of nitrogens with zero attached hydrogens (tertiary/aromatic N) is 4. The molecule has 0 N–H and O–H groups in total. The van der Waals surface area contributed by atoms with E-state index in [1.807, 2.05) is 25.7 Å². The summed E-state index contributed by atoms with van der Waals surface area (Å²) in [6.45, 7) is 7.95. The molecule has 1 aromatic heterocycles. The zero-order valence-corrected chi connectivity index (χ0v) is 16.9. The van der Waals surface area contributed by atoms with E-state index in [9.17, 15) is 9.59 Å². The summed E-state index contributed by atoms with van der Waals surface area (Å²) in [7, 11) is 0. The molecule has 1 aromatic rings. The molecule has 2 amide bonds. The lowest BCUT2D eigenvalue weighted by atomic mass is 9.97. The Morgan fingerprint density at radius 3 is 2.41 bits per heavy atom. The summed E-state index contributed by atoms with van der Waals surface area (Å²) in [5.41, 5.74) is 1.27. The van der Waals surface area contributed by atoms with Gasteiger partial charge in [0.05, 0.1) is 17.3 Å². The Morgan fingerprint density at radius 1 is 1.11 bits per heavy atom. The number of amides is 2. The topological polar surface area (TPSA) is 66.4 Å². The summed E-state index contributed by atoms with van der Waals surface area (Å²) in [6, 6.07) is -0.0526. The Balaban J connectivity index is 1.82. The van der Waals surface area contributed by atoms with E-state index < -0.39 is 0 Å². The number of rotatable bonds is 5. The van der Waals surface area contributed by atoms with Crippen LogP contribution in [0.2, 0.25) is 0 Å². The monoisotopic (exact) mass is 372 g/mol. The molecular weight excluding hydrogens is 340 g/mol. The molecule has 2 heterocycles. The van der Waals surface area contributed by atoms with Crippen molar-refractivity contribution in [2.75, 3.05) is 19.6 Å². The minimum absolute atomic E-state index is 0.0217. The molecule has 6 heteroatoms. The lowest BCUT2D eigenvalue weighted by molar-refractivity contribution is -0.139. The number of carbonyl (C=O) groups excluding carboxylic acids is 2. The first-order chi connectivity index (χ1) is 13.1. The van der Waals surface area contributed by atoms with Gasteiger partial charge in [-0.05, 0) is 52.9 Å². The molecule has 1 saturated heterocycles. The zero-order valence-electron chi connectivity index (χ0n) is 16.9. The number of aryl methyl sites for hydroxylation is 1. The van der Waals surface area contributed by atoms with E-state index in [4.69, 9.17) is 0 Å². The minimum Gasteiger partial charge on any atom is -0.339 e. The second-order valence-corrected chi connectivity index (χ2v) is 7.73. The lowest BCUT2D eigenvalue weighted by Gasteiger charge is -2.36. The Labute approximate surface area is 162 Å². The fraction of sp³-hybridized carbons (Fsp3) is 0.714. The maximum atomic E-state index is 13.0. The van der Waals surface area contributed by atoms with E-state index in [1.165, 1.54) is 0 Å². The van der Waals surface area contributed by atoms with Crippen LogP contribution < -0.4 is 0 Å². The molecule has 1 atom stereocenters. The van der Waals surface area contributed by atoms with Crippen LogP contribution >= 0.6 is 0 Å². The number of likely N-dealkylation sites (tertiary alicyclic amines) is 1. The fourth-order valence-electron chi connectivity index (χ4n) is 4.41. The molecule has 27 heavy (non-hydrogen) atoms. The van der Waals surface area contributed by atoms with Crippen molar-refractivity contribution in [3.05, 3.63) is 23.3 Å². The highest BCUT2D eigenvalue weighted by Crippen LogP contribution is 2.34. The van der Waals surface area contributed by atoms with E-state index in [0.29, 0.717) is 30.2 Å². The number of aromatic nitrogens is 2. The predicted molar refractivity (Wildman–Crippen MR) is 104 cm³/mol. The second kappa shape index (κ2) is 8.81. The van der Waals surface area contributed by atoms with E-state index in [-0.39, 0.29) is 23.8 Å². The normalized spacial score (nSPS) is 20.7. The molecule has 2 fully saturated rings. The van der Waals surface area contributed by atoms with Crippen LogP contribution in [0.25, 0.3) is 0 Å². The van der Waals surface area contributed by atoms with Gasteiger partial charge < -0.3 is 9.80 Å². The molecule has 0 aromatic carbocycles. The summed E-state index contributed by atoms with van der Waals surface area (Å²) in [6.07, 6.45) is 9.04. The maximum absolute atomic E-state index is 13.0. The van der Waals surface area contributed by atoms with Crippen LogP contribution in [0.15, 0.2) is 6.20 Å². The van der Waals surface area contributed by atoms with Crippen molar-refractivity contribution in [3.8, 4) is 0 Å². The van der Waals surface area contributed by atoms with Crippen LogP contribution in [0.3, 0.4) is 0 Å². The number of hydrogen-bond acceptors (Lipinski definition) is 4. The maximum Gasteiger partial charge on any atom is 0.257 e. The van der Waals surface area contributed by atoms with Gasteiger partial charge in [-0.1, -0.05) is 12.8 Å². The first kappa shape index (κ1) is 19.8. The van der Waals surface area contributed by atoms with Crippen LogP contribution in [-0.4, -0.2) is 51.2 Å². The van der Waals surface area contributed by atoms with Crippen molar-refractivity contribution < 1.29 is 9.59 Å². The van der Waals surface area contributed by atoms with Crippen LogP contribution in [0.1, 0.15) is 86.7 Å². The van der Waals surface area contributed by atoms with E-state index in [2.05, 4.69) is 9.97 Å². The van der Waals surface area contributed by atoms with E-state index in [0.717, 1.165) is 51.5 Å². The van der Waals surface area contributed by atoms with Gasteiger partial charge in [-0.15, -0.1) is 0 Å².